The Morgan fingerprint density at radius 3 is 1.12 bits per heavy atom. The highest BCUT2D eigenvalue weighted by Gasteiger charge is 2.41. The van der Waals surface area contributed by atoms with Crippen LogP contribution in [0.25, 0.3) is 0 Å². The standard InChI is InChI=1S/C91H149N25O28S/c1-44(2)35-60(107-77(131)57(24-17-18-31-92)103-79(133)61(36-45(3)4)108-85(139)67(42-118)113-75(129)56(93)23-19-33-98-91(96)102-52(12)122)80(134)104-58(30-34-145-13)76(130)99-49(9)74(128)115-70(50(10)120)87(141)110-62(37-46(5)6)81(135)109-64(38-53-21-15-14-16-22-53)82(136)114-68(43-119)86(140)116-71(51(11)121)88(142)111-63(39-54-26-28-55(123)29-27-54)78(132)100-48(8)73(127)112-66(41-117)84(138)101-47(7)72(126)106-65(40-69(124)125)83(137)105-59(89(143)144)25-20-32-97-90(94)95/h14-16,21-22,26-29,44-51,56-68,70-71,117-121,123H,17-20,23-25,30-43,92-93H2,1-13H3,(H,99,130)(H,100,132)(H,101,138)(H,103,133)(H,104,134)(H,105,137)(H,106,126)(H,107,131)(H,108,139)(H,109,135)(H,110,141)(H,111,142)(H,112,127)(H,113,129)(H,114,136)(H,115,128)(H,116,140)(H,124,125)(H,143,144)(H4,94,95,97)(H3,96,98,102,122)/t47-,48-,49-,50+,51+,56-,57-,58-,59-,60-,61-,62-,63-,64-,65-,66-,67-,68-,70-,71-/m0/s1. The summed E-state index contributed by atoms with van der Waals surface area (Å²) in [7, 11) is 0. The molecule has 0 aromatic heterocycles. The van der Waals surface area contributed by atoms with Gasteiger partial charge < -0.3 is 159 Å². The Morgan fingerprint density at radius 1 is 0.366 bits per heavy atom. The Hall–Kier alpha value is -13.5. The van der Waals surface area contributed by atoms with Crippen molar-refractivity contribution in [2.45, 2.75) is 294 Å². The highest BCUT2D eigenvalue weighted by molar-refractivity contribution is 7.98. The lowest BCUT2D eigenvalue weighted by molar-refractivity contribution is -0.144. The third-order valence-electron chi connectivity index (χ3n) is 21.8. The molecule has 0 unspecified atom stereocenters. The van der Waals surface area contributed by atoms with Gasteiger partial charge in [0, 0.05) is 32.9 Å². The predicted octanol–water partition coefficient (Wildman–Crippen LogP) is -9.17. The van der Waals surface area contributed by atoms with E-state index < -0.39 is 284 Å². The van der Waals surface area contributed by atoms with Crippen molar-refractivity contribution in [3.63, 3.8) is 0 Å². The number of carbonyl (C=O) groups excluding carboxylic acids is 18. The van der Waals surface area contributed by atoms with Gasteiger partial charge in [-0.15, -0.1) is 0 Å². The lowest BCUT2D eigenvalue weighted by atomic mass is 10.00. The molecule has 0 fully saturated rings. The number of rotatable bonds is 67. The molecule has 0 radical (unpaired) electrons. The number of hydrogen-bond donors (Lipinski definition) is 33. The maximum absolute atomic E-state index is 14.7. The maximum atomic E-state index is 14.7. The first-order chi connectivity index (χ1) is 68.1. The predicted molar refractivity (Wildman–Crippen MR) is 526 cm³/mol. The van der Waals surface area contributed by atoms with Gasteiger partial charge in [-0.2, -0.15) is 11.8 Å². The second-order valence-corrected chi connectivity index (χ2v) is 37.1. The summed E-state index contributed by atoms with van der Waals surface area (Å²) in [4.78, 5) is 274. The maximum Gasteiger partial charge on any atom is 0.326 e. The van der Waals surface area contributed by atoms with Crippen LogP contribution in [0.15, 0.2) is 54.6 Å². The van der Waals surface area contributed by atoms with E-state index in [9.17, 15) is 137 Å². The first-order valence-electron chi connectivity index (χ1n) is 47.3. The zero-order valence-electron chi connectivity index (χ0n) is 83.7. The molecule has 0 spiro atoms. The van der Waals surface area contributed by atoms with Gasteiger partial charge in [0.1, 0.15) is 108 Å². The fourth-order valence-corrected chi connectivity index (χ4v) is 14.4. The summed E-state index contributed by atoms with van der Waals surface area (Å²) in [5.74, 6) is -23.5. The van der Waals surface area contributed by atoms with Crippen LogP contribution in [0.4, 0.5) is 0 Å². The van der Waals surface area contributed by atoms with Gasteiger partial charge in [0.05, 0.1) is 44.5 Å². The Bertz CT molecular complexity index is 4660. The van der Waals surface area contributed by atoms with E-state index in [1.54, 1.807) is 78.1 Å². The number of aromatic hydroxyl groups is 1. The minimum Gasteiger partial charge on any atom is -0.508 e. The number of thioether (sulfide) groups is 1. The molecule has 2 aromatic carbocycles. The number of aliphatic hydroxyl groups excluding tert-OH is 5. The second kappa shape index (κ2) is 66.4. The molecular formula is C91H149N25O28S. The number of nitrogens with two attached hydrogens (primary N) is 3. The average Bonchev–Trinajstić information content (AvgIpc) is 0.861. The average molecular weight is 2070 g/mol. The number of hydrogen-bond acceptors (Lipinski definition) is 31. The number of carboxylic acids is 2. The van der Waals surface area contributed by atoms with Crippen molar-refractivity contribution < 1.29 is 137 Å². The topological polar surface area (TPSA) is 870 Å². The first-order valence-corrected chi connectivity index (χ1v) is 48.7. The summed E-state index contributed by atoms with van der Waals surface area (Å²) in [5.41, 5.74) is 17.8. The summed E-state index contributed by atoms with van der Waals surface area (Å²) >= 11 is 1.29. The number of guanidine groups is 2. The van der Waals surface area contributed by atoms with Gasteiger partial charge in [0.25, 0.3) is 0 Å². The van der Waals surface area contributed by atoms with E-state index in [2.05, 4.69) is 106 Å². The van der Waals surface area contributed by atoms with Crippen LogP contribution in [-0.2, 0) is 109 Å². The monoisotopic (exact) mass is 2070 g/mol. The summed E-state index contributed by atoms with van der Waals surface area (Å²) in [6, 6.07) is -16.3. The van der Waals surface area contributed by atoms with E-state index in [0.29, 0.717) is 12.0 Å². The normalized spacial score (nSPS) is 15.3. The smallest absolute Gasteiger partial charge is 0.326 e. The minimum atomic E-state index is -2.04. The highest BCUT2D eigenvalue weighted by atomic mass is 32.2. The zero-order valence-corrected chi connectivity index (χ0v) is 84.5. The molecule has 53 nitrogen and oxygen atoms in total. The van der Waals surface area contributed by atoms with Crippen LogP contribution >= 0.6 is 11.8 Å². The van der Waals surface area contributed by atoms with Crippen LogP contribution in [0.2, 0.25) is 0 Å². The fourth-order valence-electron chi connectivity index (χ4n) is 13.9. The van der Waals surface area contributed by atoms with Crippen LogP contribution in [0.1, 0.15) is 171 Å². The Labute approximate surface area is 843 Å². The molecule has 145 heavy (non-hydrogen) atoms. The van der Waals surface area contributed by atoms with Crippen LogP contribution in [0, 0.1) is 28.6 Å². The molecule has 18 amide bonds. The van der Waals surface area contributed by atoms with E-state index in [1.165, 1.54) is 49.9 Å². The van der Waals surface area contributed by atoms with Crippen LogP contribution in [0.5, 0.6) is 5.75 Å². The van der Waals surface area contributed by atoms with Crippen LogP contribution in [-0.4, -0.2) is 343 Å². The Kier molecular flexibility index (Phi) is 58.4. The number of unbranched alkanes of at least 4 members (excludes halogenated alkanes) is 1. The molecule has 2 rings (SSSR count). The third-order valence-corrected chi connectivity index (χ3v) is 22.5. The molecule has 0 aliphatic carbocycles. The zero-order chi connectivity index (χ0) is 110. The quantitative estimate of drug-likeness (QED) is 0.0166. The number of amides is 18. The number of benzene rings is 2. The van der Waals surface area contributed by atoms with Crippen molar-refractivity contribution in [1.29, 1.82) is 10.8 Å². The number of nitrogens with one attached hydrogen (secondary N) is 22. The third kappa shape index (κ3) is 49.1. The van der Waals surface area contributed by atoms with Crippen LogP contribution in [0.3, 0.4) is 0 Å². The van der Waals surface area contributed by atoms with E-state index >= 15 is 0 Å². The SMILES string of the molecule is CSCC[C@H](NC(=O)[C@H](CC(C)C)NC(=O)[C@H](CCCCN)NC(=O)[C@H](CC(C)C)NC(=O)[C@H](CO)NC(=O)[C@@H](N)CCCNC(=N)NC(C)=O)C(=O)N[C@@H](C)C(=O)N[C@H](C(=O)N[C@@H](CC(C)C)C(=O)N[C@@H](Cc1ccccc1)C(=O)N[C@@H](CO)C(=O)N[C@H](C(=O)N[C@@H](Cc1ccc(O)cc1)C(=O)N[C@@H](C)C(=O)N[C@@H](CO)C(=O)N[C@@H](C)C(=O)N[C@@H](CC(=O)O)C(=O)N[C@@H](CCCNC(=N)N)C(=O)O)[C@@H](C)O)[C@@H](C)O. The van der Waals surface area contributed by atoms with Crippen molar-refractivity contribution in [3.8, 4) is 5.75 Å². The van der Waals surface area contributed by atoms with E-state index in [0.717, 1.165) is 27.7 Å². The molecular weight excluding hydrogens is 1920 g/mol. The molecule has 0 saturated carbocycles. The summed E-state index contributed by atoms with van der Waals surface area (Å²) in [6.07, 6.45) is -3.15. The number of carbonyl (C=O) groups is 20. The van der Waals surface area contributed by atoms with Gasteiger partial charge in [-0.1, -0.05) is 84.0 Å². The summed E-state index contributed by atoms with van der Waals surface area (Å²) in [6.45, 7) is 14.2. The lowest BCUT2D eigenvalue weighted by Gasteiger charge is -2.29. The van der Waals surface area contributed by atoms with Crippen molar-refractivity contribution >= 4 is 142 Å². The van der Waals surface area contributed by atoms with Gasteiger partial charge in [0.2, 0.25) is 106 Å². The molecule has 0 aliphatic heterocycles. The number of aliphatic carboxylic acids is 2. The first kappa shape index (κ1) is 128. The molecule has 0 saturated heterocycles. The largest absolute Gasteiger partial charge is 0.508 e. The number of phenols is 1. The second-order valence-electron chi connectivity index (χ2n) is 36.1. The van der Waals surface area contributed by atoms with E-state index in [-0.39, 0.29) is 125 Å². The lowest BCUT2D eigenvalue weighted by Crippen LogP contribution is -2.63. The van der Waals surface area contributed by atoms with E-state index in [1.807, 2.05) is 0 Å². The van der Waals surface area contributed by atoms with Gasteiger partial charge in [-0.05, 0) is 165 Å². The molecule has 0 heterocycles. The summed E-state index contributed by atoms with van der Waals surface area (Å²) < 4.78 is 0. The van der Waals surface area contributed by atoms with Crippen LogP contribution < -0.4 is 124 Å². The molecule has 54 heteroatoms. The molecule has 2 aromatic rings. The molecule has 0 bridgehead atoms. The van der Waals surface area contributed by atoms with Gasteiger partial charge in [-0.25, -0.2) is 4.79 Å². The van der Waals surface area contributed by atoms with E-state index in [4.69, 9.17) is 28.0 Å². The molecule has 812 valence electrons. The fraction of sp³-hybridized carbons (Fsp3) is 0.626. The van der Waals surface area contributed by atoms with Gasteiger partial charge in [0.15, 0.2) is 11.9 Å². The number of carboxylic acid groups (broad SMARTS) is 2. The van der Waals surface area contributed by atoms with Crippen molar-refractivity contribution in [2.75, 3.05) is 51.5 Å². The minimum absolute atomic E-state index is 0.00294. The van der Waals surface area contributed by atoms with Crippen molar-refractivity contribution in [3.05, 3.63) is 65.7 Å². The van der Waals surface area contributed by atoms with Crippen molar-refractivity contribution in [2.24, 2.45) is 35.0 Å². The number of aliphatic hydroxyl groups is 5. The Balaban J connectivity index is 2.40. The number of phenolic OH excluding ortho intramolecular Hbond substituents is 1. The molecule has 36 N–H and O–H groups in total. The van der Waals surface area contributed by atoms with Gasteiger partial charge >= 0.3 is 11.9 Å². The Morgan fingerprint density at radius 2 is 0.690 bits per heavy atom. The molecule has 0 aliphatic rings. The highest BCUT2D eigenvalue weighted by Crippen LogP contribution is 2.18. The van der Waals surface area contributed by atoms with Gasteiger partial charge in [-0.3, -0.25) is 107 Å². The molecule has 20 atom stereocenters. The summed E-state index contributed by atoms with van der Waals surface area (Å²) in [5, 5.41) is 146. The van der Waals surface area contributed by atoms with Crippen molar-refractivity contribution in [1.82, 2.24) is 106 Å².